The first-order valence-electron chi connectivity index (χ1n) is 35.3. The van der Waals surface area contributed by atoms with Crippen LogP contribution in [0.2, 0.25) is 0 Å². The zero-order valence-corrected chi connectivity index (χ0v) is 58.0. The van der Waals surface area contributed by atoms with Gasteiger partial charge in [-0.25, -0.2) is 4.57 Å². The van der Waals surface area contributed by atoms with Gasteiger partial charge >= 0.3 is 13.8 Å². The van der Waals surface area contributed by atoms with E-state index in [1.807, 2.05) is 33.3 Å². The van der Waals surface area contributed by atoms with Crippen molar-refractivity contribution in [3.05, 3.63) is 158 Å². The van der Waals surface area contributed by atoms with Gasteiger partial charge in [0.15, 0.2) is 0 Å². The number of phosphoric acid groups is 1. The number of amides is 1. The fraction of sp³-hybridized carbons (Fsp3) is 0.641. The van der Waals surface area contributed by atoms with Gasteiger partial charge in [-0.3, -0.25) is 18.6 Å². The molecule has 88 heavy (non-hydrogen) atoms. The Morgan fingerprint density at radius 1 is 0.409 bits per heavy atom. The summed E-state index contributed by atoms with van der Waals surface area (Å²) in [4.78, 5) is 37.9. The van der Waals surface area contributed by atoms with E-state index < -0.39 is 20.0 Å². The first kappa shape index (κ1) is 83.6. The van der Waals surface area contributed by atoms with Gasteiger partial charge in [0, 0.05) is 12.8 Å². The highest BCUT2D eigenvalue weighted by Crippen LogP contribution is 2.43. The van der Waals surface area contributed by atoms with Crippen molar-refractivity contribution < 1.29 is 37.3 Å². The molecule has 2 N–H and O–H groups in total. The van der Waals surface area contributed by atoms with E-state index in [1.165, 1.54) is 51.4 Å². The number of allylic oxidation sites excluding steroid dienone is 25. The Morgan fingerprint density at radius 3 is 1.09 bits per heavy atom. The predicted octanol–water partition coefficient (Wildman–Crippen LogP) is 22.7. The highest BCUT2D eigenvalue weighted by molar-refractivity contribution is 7.47. The van der Waals surface area contributed by atoms with Gasteiger partial charge in [0.25, 0.3) is 0 Å². The van der Waals surface area contributed by atoms with E-state index in [0.29, 0.717) is 23.9 Å². The number of ether oxygens (including phenoxy) is 1. The number of hydrogen-bond acceptors (Lipinski definition) is 6. The second kappa shape index (κ2) is 65.6. The zero-order chi connectivity index (χ0) is 64.2. The van der Waals surface area contributed by atoms with Crippen molar-refractivity contribution in [3.8, 4) is 0 Å². The summed E-state index contributed by atoms with van der Waals surface area (Å²) in [5.74, 6) is -0.549. The number of likely N-dealkylation sites (N-methyl/N-ethyl adjacent to an activating group) is 1. The number of quaternary nitrogens is 1. The minimum absolute atomic E-state index is 0.0253. The zero-order valence-electron chi connectivity index (χ0n) is 57.2. The highest BCUT2D eigenvalue weighted by Gasteiger charge is 2.30. The number of hydrogen-bond donors (Lipinski definition) is 2. The number of carbonyl (C=O) groups is 2. The van der Waals surface area contributed by atoms with Crippen molar-refractivity contribution in [1.29, 1.82) is 0 Å². The maximum atomic E-state index is 13.6. The summed E-state index contributed by atoms with van der Waals surface area (Å²) >= 11 is 0. The molecule has 500 valence electrons. The van der Waals surface area contributed by atoms with Crippen LogP contribution in [0.3, 0.4) is 0 Å². The molecule has 0 heterocycles. The lowest BCUT2D eigenvalue weighted by atomic mass is 10.0. The Kier molecular flexibility index (Phi) is 62.3. The molecule has 1 amide bonds. The first-order chi connectivity index (χ1) is 42.9. The normalized spacial score (nSPS) is 14.5. The predicted molar refractivity (Wildman–Crippen MR) is 382 cm³/mol. The van der Waals surface area contributed by atoms with E-state index >= 15 is 0 Å². The van der Waals surface area contributed by atoms with E-state index in [0.717, 1.165) is 180 Å². The third-order valence-electron chi connectivity index (χ3n) is 14.7. The highest BCUT2D eigenvalue weighted by atomic mass is 31.2. The Balaban J connectivity index is 5.18. The standard InChI is InChI=1S/C78H131N2O7P/c1-7-10-13-16-19-22-25-28-30-32-34-36-38-40-42-44-46-48-50-52-55-58-61-64-67-70-77(81)79-75(74-86-88(83,84)85-73-72-80(4,5)6)76(69-66-63-60-57-54-27-24-21-18-15-12-9-3)87-78(82)71-68-65-62-59-56-53-51-49-47-45-43-41-39-37-35-33-31-29-26-23-20-17-14-11-8-2/h10-11,13-14,19-20,22-23,28-31,34-37,40-43,46-49,66,69,75-76H,7-9,12,15-18,21,24-27,32-33,38-39,44-45,50-65,67-68,70-74H2,1-6H3,(H-,79,81,83,84)/p+1/b13-10-,14-11-,22-19-,23-20-,30-28-,31-29-,36-34-,37-35-,42-40-,43-41-,48-46-,49-47-,69-66+. The molecule has 0 spiro atoms. The largest absolute Gasteiger partial charge is 0.472 e. The van der Waals surface area contributed by atoms with Gasteiger partial charge in [-0.05, 0) is 134 Å². The molecule has 3 unspecified atom stereocenters. The second-order valence-electron chi connectivity index (χ2n) is 24.3. The van der Waals surface area contributed by atoms with E-state index in [4.69, 9.17) is 13.8 Å². The van der Waals surface area contributed by atoms with Crippen LogP contribution in [0.4, 0.5) is 0 Å². The number of rotatable bonds is 62. The van der Waals surface area contributed by atoms with Crippen molar-refractivity contribution in [3.63, 3.8) is 0 Å². The lowest BCUT2D eigenvalue weighted by Crippen LogP contribution is -2.47. The van der Waals surface area contributed by atoms with Crippen LogP contribution in [0.5, 0.6) is 0 Å². The van der Waals surface area contributed by atoms with Crippen LogP contribution in [-0.4, -0.2) is 74.3 Å². The van der Waals surface area contributed by atoms with Crippen molar-refractivity contribution in [1.82, 2.24) is 5.32 Å². The third kappa shape index (κ3) is 66.1. The van der Waals surface area contributed by atoms with Gasteiger partial charge in [-0.15, -0.1) is 0 Å². The minimum atomic E-state index is -4.48. The topological polar surface area (TPSA) is 111 Å². The molecule has 0 radical (unpaired) electrons. The summed E-state index contributed by atoms with van der Waals surface area (Å²) in [5, 5.41) is 3.05. The van der Waals surface area contributed by atoms with Crippen LogP contribution in [0, 0.1) is 0 Å². The molecule has 0 aromatic heterocycles. The van der Waals surface area contributed by atoms with E-state index in [-0.39, 0.29) is 31.5 Å². The molecular formula is C78H132N2O7P+. The maximum absolute atomic E-state index is 13.6. The summed E-state index contributed by atoms with van der Waals surface area (Å²) in [5.41, 5.74) is 0. The van der Waals surface area contributed by atoms with Crippen LogP contribution in [-0.2, 0) is 27.9 Å². The van der Waals surface area contributed by atoms with Crippen LogP contribution in [0.15, 0.2) is 158 Å². The quantitative estimate of drug-likeness (QED) is 0.0205. The number of carbonyl (C=O) groups excluding carboxylic acids is 2. The summed E-state index contributed by atoms with van der Waals surface area (Å²) in [7, 11) is 1.45. The number of nitrogens with zero attached hydrogens (tertiary/aromatic N) is 1. The average Bonchev–Trinajstić information content (AvgIpc) is 3.71. The molecule has 9 nitrogen and oxygen atoms in total. The fourth-order valence-electron chi connectivity index (χ4n) is 9.36. The molecule has 3 atom stereocenters. The molecule has 0 saturated carbocycles. The summed E-state index contributed by atoms with van der Waals surface area (Å²) in [6.45, 7) is 6.75. The molecule has 0 bridgehead atoms. The third-order valence-corrected chi connectivity index (χ3v) is 15.7. The number of unbranched alkanes of at least 4 members (excludes halogenated alkanes) is 22. The first-order valence-corrected chi connectivity index (χ1v) is 36.8. The SMILES string of the molecule is CC/C=C\C/C=C\C/C=C\C/C=C\C/C=C\C/C=C\CCCCCCCCC(=O)NC(COP(=O)(O)OCC[N+](C)(C)C)C(/C=C/CCCCCCCCCCCC)OC(=O)CCCCCCCC/C=C\C/C=C\C/C=C\C/C=C\C/C=C\C/C=C\CC. The van der Waals surface area contributed by atoms with Crippen molar-refractivity contribution >= 4 is 19.7 Å². The second-order valence-corrected chi connectivity index (χ2v) is 25.7. The number of esters is 1. The van der Waals surface area contributed by atoms with Crippen LogP contribution >= 0.6 is 7.82 Å². The maximum Gasteiger partial charge on any atom is 0.472 e. The molecule has 0 aliphatic rings. The smallest absolute Gasteiger partial charge is 0.456 e. The summed E-state index contributed by atoms with van der Waals surface area (Å²) < 4.78 is 30.8. The van der Waals surface area contributed by atoms with Gasteiger partial charge in [-0.1, -0.05) is 282 Å². The minimum Gasteiger partial charge on any atom is -0.456 e. The lowest BCUT2D eigenvalue weighted by Gasteiger charge is -2.27. The molecule has 0 fully saturated rings. The van der Waals surface area contributed by atoms with Gasteiger partial charge < -0.3 is 19.4 Å². The molecule has 0 saturated heterocycles. The molecule has 0 rings (SSSR count). The van der Waals surface area contributed by atoms with Crippen molar-refractivity contribution in [2.45, 2.75) is 283 Å². The number of phosphoric ester groups is 1. The van der Waals surface area contributed by atoms with Gasteiger partial charge in [0.05, 0.1) is 33.8 Å². The molecule has 0 aliphatic carbocycles. The van der Waals surface area contributed by atoms with E-state index in [2.05, 4.69) is 172 Å². The fourth-order valence-corrected chi connectivity index (χ4v) is 10.1. The molecule has 0 aliphatic heterocycles. The van der Waals surface area contributed by atoms with Gasteiger partial charge in [0.2, 0.25) is 5.91 Å². The van der Waals surface area contributed by atoms with Crippen LogP contribution in [0.25, 0.3) is 0 Å². The van der Waals surface area contributed by atoms with Crippen LogP contribution < -0.4 is 5.32 Å². The Hall–Kier alpha value is -4.37. The van der Waals surface area contributed by atoms with Gasteiger partial charge in [-0.2, -0.15) is 0 Å². The van der Waals surface area contributed by atoms with E-state index in [9.17, 15) is 19.0 Å². The monoisotopic (exact) mass is 1240 g/mol. The van der Waals surface area contributed by atoms with Crippen molar-refractivity contribution in [2.75, 3.05) is 40.9 Å². The van der Waals surface area contributed by atoms with E-state index in [1.54, 1.807) is 0 Å². The summed E-state index contributed by atoms with van der Waals surface area (Å²) in [6, 6.07) is -0.877. The van der Waals surface area contributed by atoms with Crippen molar-refractivity contribution in [2.24, 2.45) is 0 Å². The summed E-state index contributed by atoms with van der Waals surface area (Å²) in [6.07, 6.45) is 96.8. The Bertz CT molecular complexity index is 2060. The average molecular weight is 1240 g/mol. The molecule has 0 aromatic carbocycles. The molecular weight excluding hydrogens is 1110 g/mol. The lowest BCUT2D eigenvalue weighted by molar-refractivity contribution is -0.870. The molecule has 0 aromatic rings. The van der Waals surface area contributed by atoms with Crippen LogP contribution in [0.1, 0.15) is 271 Å². The molecule has 10 heteroatoms. The Labute approximate surface area is 541 Å². The van der Waals surface area contributed by atoms with Gasteiger partial charge in [0.1, 0.15) is 19.3 Å². The number of nitrogens with one attached hydrogen (secondary N) is 1. The Morgan fingerprint density at radius 2 is 0.727 bits per heavy atom.